The van der Waals surface area contributed by atoms with Gasteiger partial charge in [0.25, 0.3) is 0 Å². The highest BCUT2D eigenvalue weighted by molar-refractivity contribution is 7.80. The van der Waals surface area contributed by atoms with Gasteiger partial charge < -0.3 is 15.5 Å². The van der Waals surface area contributed by atoms with E-state index in [1.54, 1.807) is 0 Å². The van der Waals surface area contributed by atoms with E-state index in [4.69, 9.17) is 12.2 Å². The quantitative estimate of drug-likeness (QED) is 0.833. The van der Waals surface area contributed by atoms with Gasteiger partial charge in [-0.15, -0.1) is 0 Å². The summed E-state index contributed by atoms with van der Waals surface area (Å²) in [4.78, 5) is 2.54. The van der Waals surface area contributed by atoms with Gasteiger partial charge in [0.05, 0.1) is 0 Å². The number of hydrogen-bond donors (Lipinski definition) is 2. The van der Waals surface area contributed by atoms with Crippen LogP contribution in [0.25, 0.3) is 0 Å². The molecule has 0 aromatic heterocycles. The van der Waals surface area contributed by atoms with Crippen molar-refractivity contribution in [1.82, 2.24) is 10.2 Å². The molecule has 0 radical (unpaired) electrons. The second-order valence-corrected chi connectivity index (χ2v) is 5.94. The third-order valence-electron chi connectivity index (χ3n) is 3.86. The van der Waals surface area contributed by atoms with Gasteiger partial charge in [-0.1, -0.05) is 25.1 Å². The predicted molar refractivity (Wildman–Crippen MR) is 90.3 cm³/mol. The minimum atomic E-state index is 0.507. The van der Waals surface area contributed by atoms with Crippen molar-refractivity contribution in [1.29, 1.82) is 0 Å². The summed E-state index contributed by atoms with van der Waals surface area (Å²) < 4.78 is 0. The van der Waals surface area contributed by atoms with E-state index in [2.05, 4.69) is 41.5 Å². The Morgan fingerprint density at radius 3 is 2.65 bits per heavy atom. The molecule has 20 heavy (non-hydrogen) atoms. The normalized spacial score (nSPS) is 16.9. The van der Waals surface area contributed by atoms with E-state index in [1.807, 2.05) is 12.1 Å². The van der Waals surface area contributed by atoms with Crippen LogP contribution in [0.15, 0.2) is 24.3 Å². The highest BCUT2D eigenvalue weighted by Crippen LogP contribution is 2.14. The van der Waals surface area contributed by atoms with Crippen molar-refractivity contribution in [3.05, 3.63) is 29.8 Å². The van der Waals surface area contributed by atoms with Crippen LogP contribution in [0.1, 0.15) is 31.7 Å². The van der Waals surface area contributed by atoms with Gasteiger partial charge in [-0.3, -0.25) is 0 Å². The minimum Gasteiger partial charge on any atom is -0.360 e. The molecule has 0 spiro atoms. The van der Waals surface area contributed by atoms with E-state index in [0.29, 0.717) is 6.04 Å². The number of hydrogen-bond acceptors (Lipinski definition) is 2. The summed E-state index contributed by atoms with van der Waals surface area (Å²) in [6.07, 6.45) is 3.59. The smallest absolute Gasteiger partial charge is 0.171 e. The Labute approximate surface area is 127 Å². The molecule has 0 aliphatic carbocycles. The number of para-hydroxylation sites is 1. The number of thiocarbonyl (C=S) groups is 1. The molecule has 1 saturated heterocycles. The Hall–Kier alpha value is -1.13. The molecule has 0 bridgehead atoms. The van der Waals surface area contributed by atoms with Crippen LogP contribution in [0, 0.1) is 6.92 Å². The molecular formula is C16H25N3S. The highest BCUT2D eigenvalue weighted by atomic mass is 32.1. The van der Waals surface area contributed by atoms with Gasteiger partial charge >= 0.3 is 0 Å². The van der Waals surface area contributed by atoms with Gasteiger partial charge in [0.15, 0.2) is 5.11 Å². The van der Waals surface area contributed by atoms with E-state index < -0.39 is 0 Å². The van der Waals surface area contributed by atoms with Crippen LogP contribution >= 0.6 is 12.2 Å². The van der Waals surface area contributed by atoms with Crippen LogP contribution in [0.2, 0.25) is 0 Å². The first kappa shape index (κ1) is 15.3. The molecular weight excluding hydrogens is 266 g/mol. The van der Waals surface area contributed by atoms with E-state index in [1.165, 1.54) is 44.5 Å². The number of aryl methyl sites for hydroxylation is 1. The summed E-state index contributed by atoms with van der Waals surface area (Å²) >= 11 is 5.42. The first-order valence-electron chi connectivity index (χ1n) is 7.54. The van der Waals surface area contributed by atoms with Gasteiger partial charge in [0.1, 0.15) is 0 Å². The number of nitrogens with zero attached hydrogens (tertiary/aromatic N) is 1. The number of nitrogens with one attached hydrogen (secondary N) is 2. The topological polar surface area (TPSA) is 27.3 Å². The highest BCUT2D eigenvalue weighted by Gasteiger charge is 2.18. The lowest BCUT2D eigenvalue weighted by Gasteiger charge is -2.32. The van der Waals surface area contributed by atoms with Crippen LogP contribution in [0.4, 0.5) is 5.69 Å². The molecule has 1 fully saturated rings. The Bertz CT molecular complexity index is 439. The molecule has 1 heterocycles. The van der Waals surface area contributed by atoms with E-state index in [-0.39, 0.29) is 0 Å². The van der Waals surface area contributed by atoms with Crippen molar-refractivity contribution in [3.8, 4) is 0 Å². The zero-order chi connectivity index (χ0) is 14.4. The van der Waals surface area contributed by atoms with Gasteiger partial charge in [-0.25, -0.2) is 0 Å². The van der Waals surface area contributed by atoms with Crippen molar-refractivity contribution in [3.63, 3.8) is 0 Å². The van der Waals surface area contributed by atoms with E-state index in [0.717, 1.165) is 10.8 Å². The van der Waals surface area contributed by atoms with Crippen molar-refractivity contribution in [2.45, 2.75) is 39.2 Å². The number of anilines is 1. The Morgan fingerprint density at radius 1 is 1.30 bits per heavy atom. The molecule has 2 rings (SSSR count). The third kappa shape index (κ3) is 4.46. The van der Waals surface area contributed by atoms with E-state index in [9.17, 15) is 0 Å². The fraction of sp³-hybridized carbons (Fsp3) is 0.562. The Kier molecular flexibility index (Phi) is 5.80. The SMILES string of the molecule is CCCN1CCC(NC(=S)Nc2ccccc2C)CC1. The van der Waals surface area contributed by atoms with Gasteiger partial charge in [-0.2, -0.15) is 0 Å². The molecule has 4 heteroatoms. The third-order valence-corrected chi connectivity index (χ3v) is 4.08. The molecule has 1 aromatic carbocycles. The summed E-state index contributed by atoms with van der Waals surface area (Å²) in [5, 5.41) is 7.50. The van der Waals surface area contributed by atoms with E-state index >= 15 is 0 Å². The summed E-state index contributed by atoms with van der Waals surface area (Å²) in [5.41, 5.74) is 2.31. The summed E-state index contributed by atoms with van der Waals surface area (Å²) in [5.74, 6) is 0. The number of benzene rings is 1. The fourth-order valence-corrected chi connectivity index (χ4v) is 2.95. The number of likely N-dealkylation sites (tertiary alicyclic amines) is 1. The molecule has 1 aliphatic rings. The average molecular weight is 291 g/mol. The molecule has 0 amide bonds. The molecule has 0 atom stereocenters. The maximum absolute atomic E-state index is 5.42. The van der Waals surface area contributed by atoms with Gasteiger partial charge in [0.2, 0.25) is 0 Å². The Morgan fingerprint density at radius 2 is 2.00 bits per heavy atom. The fourth-order valence-electron chi connectivity index (χ4n) is 2.67. The monoisotopic (exact) mass is 291 g/mol. The van der Waals surface area contributed by atoms with Gasteiger partial charge in [0, 0.05) is 24.8 Å². The second kappa shape index (κ2) is 7.60. The van der Waals surface area contributed by atoms with Crippen molar-refractivity contribution < 1.29 is 0 Å². The van der Waals surface area contributed by atoms with Crippen LogP contribution < -0.4 is 10.6 Å². The standard InChI is InChI=1S/C16H25N3S/c1-3-10-19-11-8-14(9-12-19)17-16(20)18-15-7-5-4-6-13(15)2/h4-7,14H,3,8-12H2,1-2H3,(H2,17,18,20). The maximum Gasteiger partial charge on any atom is 0.171 e. The summed E-state index contributed by atoms with van der Waals surface area (Å²) in [6.45, 7) is 7.91. The molecule has 1 aromatic rings. The Balaban J connectivity index is 1.77. The molecule has 110 valence electrons. The lowest BCUT2D eigenvalue weighted by molar-refractivity contribution is 0.207. The molecule has 2 N–H and O–H groups in total. The summed E-state index contributed by atoms with van der Waals surface area (Å²) in [6, 6.07) is 8.73. The van der Waals surface area contributed by atoms with Gasteiger partial charge in [-0.05, 0) is 56.6 Å². The minimum absolute atomic E-state index is 0.507. The second-order valence-electron chi connectivity index (χ2n) is 5.53. The zero-order valence-corrected chi connectivity index (χ0v) is 13.3. The van der Waals surface area contributed by atoms with Crippen molar-refractivity contribution in [2.75, 3.05) is 25.0 Å². The van der Waals surface area contributed by atoms with Crippen molar-refractivity contribution >= 4 is 23.0 Å². The molecule has 3 nitrogen and oxygen atoms in total. The lowest BCUT2D eigenvalue weighted by atomic mass is 10.1. The zero-order valence-electron chi connectivity index (χ0n) is 12.5. The van der Waals surface area contributed by atoms with Crippen LogP contribution in [0.3, 0.4) is 0 Å². The first-order valence-corrected chi connectivity index (χ1v) is 7.95. The van der Waals surface area contributed by atoms with Crippen LogP contribution in [0.5, 0.6) is 0 Å². The summed E-state index contributed by atoms with van der Waals surface area (Å²) in [7, 11) is 0. The maximum atomic E-state index is 5.42. The average Bonchev–Trinajstić information content (AvgIpc) is 2.44. The molecule has 0 unspecified atom stereocenters. The van der Waals surface area contributed by atoms with Crippen LogP contribution in [-0.4, -0.2) is 35.7 Å². The number of rotatable bonds is 4. The largest absolute Gasteiger partial charge is 0.360 e. The van der Waals surface area contributed by atoms with Crippen LogP contribution in [-0.2, 0) is 0 Å². The number of piperidine rings is 1. The lowest BCUT2D eigenvalue weighted by Crippen LogP contribution is -2.46. The molecule has 0 saturated carbocycles. The van der Waals surface area contributed by atoms with Crippen molar-refractivity contribution in [2.24, 2.45) is 0 Å². The predicted octanol–water partition coefficient (Wildman–Crippen LogP) is 3.16. The first-order chi connectivity index (χ1) is 9.69. The molecule has 1 aliphatic heterocycles.